The van der Waals surface area contributed by atoms with Crippen molar-refractivity contribution in [2.45, 2.75) is 37.6 Å². The minimum absolute atomic E-state index is 0.199. The standard InChI is InChI=1S/C22H26N2/c1-23-22-11-10-19(15-22)21(24-12-4-5-13-24)20(22)18-9-8-16-6-2-3-7-17(16)14-18/h2-3,6-9,14,19,23H,4-5,10-13,15H2,1H3. The second-order valence-electron chi connectivity index (χ2n) is 7.79. The molecule has 1 N–H and O–H groups in total. The van der Waals surface area contributed by atoms with E-state index in [2.05, 4.69) is 59.7 Å². The SMILES string of the molecule is CNC12CCC(C1)C(N1CCCC1)=C2c1ccc2ccccc2c1. The molecule has 2 aromatic rings. The summed E-state index contributed by atoms with van der Waals surface area (Å²) in [5, 5.41) is 6.43. The minimum Gasteiger partial charge on any atom is -0.374 e. The molecule has 5 rings (SSSR count). The van der Waals surface area contributed by atoms with Crippen molar-refractivity contribution in [3.63, 3.8) is 0 Å². The summed E-state index contributed by atoms with van der Waals surface area (Å²) < 4.78 is 0. The fraction of sp³-hybridized carbons (Fsp3) is 0.455. The van der Waals surface area contributed by atoms with Crippen LogP contribution in [0.15, 0.2) is 48.2 Å². The number of benzene rings is 2. The number of rotatable bonds is 3. The molecule has 2 atom stereocenters. The van der Waals surface area contributed by atoms with Crippen molar-refractivity contribution < 1.29 is 0 Å². The van der Waals surface area contributed by atoms with Gasteiger partial charge in [0.2, 0.25) is 0 Å². The van der Waals surface area contributed by atoms with Gasteiger partial charge in [-0.3, -0.25) is 0 Å². The predicted octanol–water partition coefficient (Wildman–Crippen LogP) is 4.42. The molecule has 1 saturated heterocycles. The molecular weight excluding hydrogens is 292 g/mol. The summed E-state index contributed by atoms with van der Waals surface area (Å²) in [5.74, 6) is 0.761. The Kier molecular flexibility index (Phi) is 3.24. The van der Waals surface area contributed by atoms with Gasteiger partial charge in [-0.15, -0.1) is 0 Å². The Labute approximate surface area is 144 Å². The third-order valence-corrected chi connectivity index (χ3v) is 6.60. The highest BCUT2D eigenvalue weighted by atomic mass is 15.2. The molecule has 0 amide bonds. The van der Waals surface area contributed by atoms with Gasteiger partial charge in [0.05, 0.1) is 0 Å². The number of likely N-dealkylation sites (tertiary alicyclic amines) is 1. The molecule has 24 heavy (non-hydrogen) atoms. The molecule has 2 fully saturated rings. The summed E-state index contributed by atoms with van der Waals surface area (Å²) in [4.78, 5) is 2.70. The second kappa shape index (κ2) is 5.35. The molecule has 2 aliphatic carbocycles. The van der Waals surface area contributed by atoms with Gasteiger partial charge >= 0.3 is 0 Å². The van der Waals surface area contributed by atoms with Crippen molar-refractivity contribution in [2.24, 2.45) is 5.92 Å². The first-order chi connectivity index (χ1) is 11.8. The predicted molar refractivity (Wildman–Crippen MR) is 101 cm³/mol. The van der Waals surface area contributed by atoms with Gasteiger partial charge in [-0.25, -0.2) is 0 Å². The summed E-state index contributed by atoms with van der Waals surface area (Å²) in [7, 11) is 2.16. The summed E-state index contributed by atoms with van der Waals surface area (Å²) in [5.41, 5.74) is 4.91. The zero-order chi connectivity index (χ0) is 16.1. The molecule has 1 aliphatic heterocycles. The molecule has 1 heterocycles. The maximum atomic E-state index is 3.73. The van der Waals surface area contributed by atoms with E-state index >= 15 is 0 Å². The number of hydrogen-bond donors (Lipinski definition) is 1. The Hall–Kier alpha value is -1.80. The fourth-order valence-corrected chi connectivity index (χ4v) is 5.45. The summed E-state index contributed by atoms with van der Waals surface area (Å²) in [6, 6.07) is 15.8. The monoisotopic (exact) mass is 318 g/mol. The van der Waals surface area contributed by atoms with Crippen molar-refractivity contribution in [2.75, 3.05) is 20.1 Å². The van der Waals surface area contributed by atoms with E-state index in [9.17, 15) is 0 Å². The van der Waals surface area contributed by atoms with Gasteiger partial charge < -0.3 is 10.2 Å². The van der Waals surface area contributed by atoms with E-state index in [1.165, 1.54) is 61.5 Å². The van der Waals surface area contributed by atoms with Crippen molar-refractivity contribution in [1.29, 1.82) is 0 Å². The van der Waals surface area contributed by atoms with E-state index < -0.39 is 0 Å². The number of likely N-dealkylation sites (N-methyl/N-ethyl adjacent to an activating group) is 1. The summed E-state index contributed by atoms with van der Waals surface area (Å²) in [6.07, 6.45) is 6.64. The van der Waals surface area contributed by atoms with Crippen LogP contribution in [0.25, 0.3) is 16.3 Å². The van der Waals surface area contributed by atoms with Gasteiger partial charge in [0, 0.05) is 30.2 Å². The lowest BCUT2D eigenvalue weighted by atomic mass is 9.83. The normalized spacial score (nSPS) is 29.2. The Morgan fingerprint density at radius 3 is 2.62 bits per heavy atom. The first-order valence-corrected chi connectivity index (χ1v) is 9.48. The Bertz CT molecular complexity index is 816. The van der Waals surface area contributed by atoms with Crippen LogP contribution in [0.4, 0.5) is 0 Å². The van der Waals surface area contributed by atoms with Gasteiger partial charge in [-0.05, 0) is 67.1 Å². The second-order valence-corrected chi connectivity index (χ2v) is 7.79. The molecule has 1 saturated carbocycles. The van der Waals surface area contributed by atoms with Crippen LogP contribution in [0.3, 0.4) is 0 Å². The number of nitrogens with one attached hydrogen (secondary N) is 1. The van der Waals surface area contributed by atoms with Crippen LogP contribution in [0, 0.1) is 5.92 Å². The van der Waals surface area contributed by atoms with E-state index in [1.807, 2.05) is 0 Å². The van der Waals surface area contributed by atoms with Crippen molar-refractivity contribution >= 4 is 16.3 Å². The number of nitrogens with zero attached hydrogens (tertiary/aromatic N) is 1. The molecule has 2 bridgehead atoms. The van der Waals surface area contributed by atoms with Gasteiger partial charge in [-0.1, -0.05) is 36.4 Å². The molecule has 2 aromatic carbocycles. The van der Waals surface area contributed by atoms with Gasteiger partial charge in [-0.2, -0.15) is 0 Å². The van der Waals surface area contributed by atoms with E-state index in [0.717, 1.165) is 5.92 Å². The molecule has 3 aliphatic rings. The van der Waals surface area contributed by atoms with Crippen LogP contribution in [0.1, 0.15) is 37.7 Å². The highest BCUT2D eigenvalue weighted by Crippen LogP contribution is 2.56. The van der Waals surface area contributed by atoms with E-state index in [1.54, 1.807) is 11.3 Å². The van der Waals surface area contributed by atoms with Crippen LogP contribution in [0.2, 0.25) is 0 Å². The Morgan fingerprint density at radius 1 is 1.04 bits per heavy atom. The maximum absolute atomic E-state index is 3.73. The summed E-state index contributed by atoms with van der Waals surface area (Å²) >= 11 is 0. The van der Waals surface area contributed by atoms with Crippen molar-refractivity contribution in [3.05, 3.63) is 53.7 Å². The molecule has 0 aromatic heterocycles. The average molecular weight is 318 g/mol. The lowest BCUT2D eigenvalue weighted by molar-refractivity contribution is 0.370. The van der Waals surface area contributed by atoms with Crippen LogP contribution in [-0.2, 0) is 0 Å². The number of allylic oxidation sites excluding steroid dienone is 1. The van der Waals surface area contributed by atoms with Crippen LogP contribution in [0.5, 0.6) is 0 Å². The zero-order valence-corrected chi connectivity index (χ0v) is 14.5. The van der Waals surface area contributed by atoms with E-state index in [0.29, 0.717) is 0 Å². The third-order valence-electron chi connectivity index (χ3n) is 6.60. The van der Waals surface area contributed by atoms with E-state index in [4.69, 9.17) is 0 Å². The highest BCUT2D eigenvalue weighted by Gasteiger charge is 2.51. The Balaban J connectivity index is 1.70. The lowest BCUT2D eigenvalue weighted by Gasteiger charge is -2.35. The number of hydrogen-bond acceptors (Lipinski definition) is 2. The van der Waals surface area contributed by atoms with E-state index in [-0.39, 0.29) is 5.54 Å². The average Bonchev–Trinajstić information content (AvgIpc) is 3.36. The molecule has 124 valence electrons. The third kappa shape index (κ3) is 1.99. The largest absolute Gasteiger partial charge is 0.374 e. The molecule has 0 radical (unpaired) electrons. The quantitative estimate of drug-likeness (QED) is 0.901. The zero-order valence-electron chi connectivity index (χ0n) is 14.5. The minimum atomic E-state index is 0.199. The van der Waals surface area contributed by atoms with Gasteiger partial charge in [0.15, 0.2) is 0 Å². The first kappa shape index (κ1) is 14.5. The maximum Gasteiger partial charge on any atom is 0.0462 e. The Morgan fingerprint density at radius 2 is 1.83 bits per heavy atom. The molecule has 2 nitrogen and oxygen atoms in total. The van der Waals surface area contributed by atoms with Crippen LogP contribution >= 0.6 is 0 Å². The van der Waals surface area contributed by atoms with Gasteiger partial charge in [0.25, 0.3) is 0 Å². The first-order valence-electron chi connectivity index (χ1n) is 9.48. The number of fused-ring (bicyclic) bond motifs is 3. The molecule has 2 unspecified atom stereocenters. The highest BCUT2D eigenvalue weighted by molar-refractivity contribution is 5.89. The van der Waals surface area contributed by atoms with Crippen LogP contribution < -0.4 is 5.32 Å². The fourth-order valence-electron chi connectivity index (χ4n) is 5.45. The molecule has 2 heteroatoms. The topological polar surface area (TPSA) is 15.3 Å². The van der Waals surface area contributed by atoms with Crippen molar-refractivity contribution in [1.82, 2.24) is 10.2 Å². The van der Waals surface area contributed by atoms with Crippen molar-refractivity contribution in [3.8, 4) is 0 Å². The van der Waals surface area contributed by atoms with Gasteiger partial charge in [0.1, 0.15) is 0 Å². The molecule has 0 spiro atoms. The molecular formula is C22H26N2. The summed E-state index contributed by atoms with van der Waals surface area (Å²) in [6.45, 7) is 2.51. The van der Waals surface area contributed by atoms with Crippen LogP contribution in [-0.4, -0.2) is 30.6 Å². The lowest BCUT2D eigenvalue weighted by Crippen LogP contribution is -2.41. The smallest absolute Gasteiger partial charge is 0.0462 e.